The van der Waals surface area contributed by atoms with Crippen molar-refractivity contribution in [3.8, 4) is 0 Å². The van der Waals surface area contributed by atoms with Gasteiger partial charge in [0.05, 0.1) is 23.8 Å². The number of halogens is 1. The zero-order valence-corrected chi connectivity index (χ0v) is 13.3. The molecule has 2 aromatic rings. The van der Waals surface area contributed by atoms with Gasteiger partial charge in [0.25, 0.3) is 5.69 Å². The van der Waals surface area contributed by atoms with E-state index in [1.807, 2.05) is 4.90 Å². The first-order valence-corrected chi connectivity index (χ1v) is 7.69. The van der Waals surface area contributed by atoms with E-state index in [2.05, 4.69) is 5.32 Å². The molecule has 1 heterocycles. The van der Waals surface area contributed by atoms with Gasteiger partial charge in [-0.3, -0.25) is 10.1 Å². The lowest BCUT2D eigenvalue weighted by Crippen LogP contribution is -2.36. The summed E-state index contributed by atoms with van der Waals surface area (Å²) < 4.78 is 19.7. The molecule has 3 rings (SSSR count). The number of aryl methyl sites for hydroxylation is 1. The fourth-order valence-corrected chi connectivity index (χ4v) is 2.70. The molecule has 0 atom stereocenters. The molecule has 0 aliphatic carbocycles. The maximum Gasteiger partial charge on any atom is 0.292 e. The highest BCUT2D eigenvalue weighted by atomic mass is 19.1. The van der Waals surface area contributed by atoms with Gasteiger partial charge in [0.15, 0.2) is 0 Å². The second kappa shape index (κ2) is 6.84. The Morgan fingerprint density at radius 2 is 1.96 bits per heavy atom. The minimum absolute atomic E-state index is 0.0346. The third-order valence-corrected chi connectivity index (χ3v) is 3.93. The van der Waals surface area contributed by atoms with E-state index in [1.54, 1.807) is 31.2 Å². The first-order chi connectivity index (χ1) is 11.5. The fourth-order valence-electron chi connectivity index (χ4n) is 2.70. The Labute approximate surface area is 139 Å². The third-order valence-electron chi connectivity index (χ3n) is 3.93. The summed E-state index contributed by atoms with van der Waals surface area (Å²) in [5.74, 6) is -0.364. The van der Waals surface area contributed by atoms with Gasteiger partial charge in [0, 0.05) is 24.8 Å². The Bertz CT molecular complexity index is 761. The van der Waals surface area contributed by atoms with Crippen LogP contribution in [0.4, 0.5) is 27.1 Å². The molecule has 1 N–H and O–H groups in total. The first kappa shape index (κ1) is 16.2. The van der Waals surface area contributed by atoms with E-state index in [-0.39, 0.29) is 11.5 Å². The summed E-state index contributed by atoms with van der Waals surface area (Å²) >= 11 is 0. The Morgan fingerprint density at radius 1 is 1.21 bits per heavy atom. The summed E-state index contributed by atoms with van der Waals surface area (Å²) in [5, 5.41) is 14.1. The number of benzene rings is 2. The van der Waals surface area contributed by atoms with Crippen LogP contribution in [0, 0.1) is 22.9 Å². The molecule has 0 unspecified atom stereocenters. The second-order valence-electron chi connectivity index (χ2n) is 5.67. The van der Waals surface area contributed by atoms with E-state index in [9.17, 15) is 14.5 Å². The number of nitro groups is 1. The van der Waals surface area contributed by atoms with Gasteiger partial charge in [0.1, 0.15) is 11.5 Å². The minimum atomic E-state index is -0.451. The summed E-state index contributed by atoms with van der Waals surface area (Å²) in [5.41, 5.74) is 2.08. The van der Waals surface area contributed by atoms with Gasteiger partial charge < -0.3 is 15.0 Å². The highest BCUT2D eigenvalue weighted by molar-refractivity contribution is 5.71. The summed E-state index contributed by atoms with van der Waals surface area (Å²) in [7, 11) is 0. The monoisotopic (exact) mass is 331 g/mol. The van der Waals surface area contributed by atoms with Gasteiger partial charge in [-0.1, -0.05) is 6.07 Å². The number of hydrogen-bond acceptors (Lipinski definition) is 5. The van der Waals surface area contributed by atoms with E-state index in [1.165, 1.54) is 12.1 Å². The van der Waals surface area contributed by atoms with Crippen LogP contribution in [0.2, 0.25) is 0 Å². The zero-order valence-electron chi connectivity index (χ0n) is 13.3. The highest BCUT2D eigenvalue weighted by Crippen LogP contribution is 2.30. The molecule has 0 radical (unpaired) electrons. The summed E-state index contributed by atoms with van der Waals surface area (Å²) in [6.45, 7) is 4.23. The number of hydrogen-bond donors (Lipinski definition) is 1. The van der Waals surface area contributed by atoms with Crippen molar-refractivity contribution in [2.75, 3.05) is 36.5 Å². The molecule has 0 amide bonds. The van der Waals surface area contributed by atoms with Crippen molar-refractivity contribution in [3.05, 3.63) is 57.9 Å². The molecule has 0 spiro atoms. The number of nitro benzene ring substituents is 1. The Hall–Kier alpha value is -2.67. The molecule has 24 heavy (non-hydrogen) atoms. The zero-order chi connectivity index (χ0) is 17.1. The summed E-state index contributed by atoms with van der Waals surface area (Å²) in [6, 6.07) is 9.64. The molecule has 1 aliphatic heterocycles. The molecule has 0 saturated carbocycles. The number of anilines is 3. The fraction of sp³-hybridized carbons (Fsp3) is 0.294. The average Bonchev–Trinajstić information content (AvgIpc) is 2.57. The van der Waals surface area contributed by atoms with E-state index in [4.69, 9.17) is 4.74 Å². The van der Waals surface area contributed by atoms with Crippen LogP contribution >= 0.6 is 0 Å². The van der Waals surface area contributed by atoms with Gasteiger partial charge in [-0.05, 0) is 36.8 Å². The predicted octanol–water partition coefficient (Wildman–Crippen LogP) is 3.62. The van der Waals surface area contributed by atoms with Crippen molar-refractivity contribution in [1.82, 2.24) is 0 Å². The van der Waals surface area contributed by atoms with Crippen molar-refractivity contribution in [3.63, 3.8) is 0 Å². The second-order valence-corrected chi connectivity index (χ2v) is 5.67. The van der Waals surface area contributed by atoms with Crippen LogP contribution in [0.5, 0.6) is 0 Å². The van der Waals surface area contributed by atoms with Crippen LogP contribution in [-0.2, 0) is 4.74 Å². The van der Waals surface area contributed by atoms with Crippen LogP contribution in [-0.4, -0.2) is 31.2 Å². The number of morpholine rings is 1. The highest BCUT2D eigenvalue weighted by Gasteiger charge is 2.17. The number of rotatable bonds is 4. The van der Waals surface area contributed by atoms with Gasteiger partial charge in [0.2, 0.25) is 0 Å². The van der Waals surface area contributed by atoms with Crippen molar-refractivity contribution in [2.45, 2.75) is 6.92 Å². The number of nitrogens with one attached hydrogen (secondary N) is 1. The predicted molar refractivity (Wildman–Crippen MR) is 90.5 cm³/mol. The molecule has 1 fully saturated rings. The van der Waals surface area contributed by atoms with Crippen LogP contribution in [0.3, 0.4) is 0 Å². The lowest BCUT2D eigenvalue weighted by molar-refractivity contribution is -0.384. The van der Waals surface area contributed by atoms with E-state index >= 15 is 0 Å². The average molecular weight is 331 g/mol. The third kappa shape index (κ3) is 3.46. The lowest BCUT2D eigenvalue weighted by Gasteiger charge is -2.29. The van der Waals surface area contributed by atoms with Crippen molar-refractivity contribution < 1.29 is 14.1 Å². The molecule has 1 saturated heterocycles. The summed E-state index contributed by atoms with van der Waals surface area (Å²) in [4.78, 5) is 12.6. The molecule has 6 nitrogen and oxygen atoms in total. The Kier molecular flexibility index (Phi) is 4.61. The maximum atomic E-state index is 14.4. The number of nitrogens with zero attached hydrogens (tertiary/aromatic N) is 2. The maximum absolute atomic E-state index is 14.4. The first-order valence-electron chi connectivity index (χ1n) is 7.69. The molecular weight excluding hydrogens is 313 g/mol. The topological polar surface area (TPSA) is 67.6 Å². The molecule has 1 aliphatic rings. The van der Waals surface area contributed by atoms with Crippen LogP contribution in [0.15, 0.2) is 36.4 Å². The SMILES string of the molecule is Cc1ccc(Nc2ccc(N3CCOCC3)c(F)c2)c([N+](=O)[O-])c1. The molecule has 0 bridgehead atoms. The normalized spacial score (nSPS) is 14.5. The van der Waals surface area contributed by atoms with Gasteiger partial charge in [-0.25, -0.2) is 4.39 Å². The molecule has 2 aromatic carbocycles. The van der Waals surface area contributed by atoms with Crippen LogP contribution in [0.1, 0.15) is 5.56 Å². The van der Waals surface area contributed by atoms with Crippen LogP contribution in [0.25, 0.3) is 0 Å². The minimum Gasteiger partial charge on any atom is -0.378 e. The molecule has 7 heteroatoms. The molecule has 0 aromatic heterocycles. The van der Waals surface area contributed by atoms with Crippen molar-refractivity contribution in [2.24, 2.45) is 0 Å². The van der Waals surface area contributed by atoms with Crippen molar-refractivity contribution in [1.29, 1.82) is 0 Å². The Morgan fingerprint density at radius 3 is 2.62 bits per heavy atom. The molecule has 126 valence electrons. The largest absolute Gasteiger partial charge is 0.378 e. The lowest BCUT2D eigenvalue weighted by atomic mass is 10.1. The summed E-state index contributed by atoms with van der Waals surface area (Å²) in [6.07, 6.45) is 0. The number of ether oxygens (including phenoxy) is 1. The van der Waals surface area contributed by atoms with Gasteiger partial charge in [-0.2, -0.15) is 0 Å². The smallest absolute Gasteiger partial charge is 0.292 e. The van der Waals surface area contributed by atoms with E-state index in [0.717, 1.165) is 5.56 Å². The Balaban J connectivity index is 1.84. The van der Waals surface area contributed by atoms with Gasteiger partial charge >= 0.3 is 0 Å². The standard InChI is InChI=1S/C17H18FN3O3/c1-12-2-4-15(17(10-12)21(22)23)19-13-3-5-16(14(18)11-13)20-6-8-24-9-7-20/h2-5,10-11,19H,6-9H2,1H3. The molecular formula is C17H18FN3O3. The van der Waals surface area contributed by atoms with Gasteiger partial charge in [-0.15, -0.1) is 0 Å². The quantitative estimate of drug-likeness (QED) is 0.684. The van der Waals surface area contributed by atoms with E-state index in [0.29, 0.717) is 43.4 Å². The van der Waals surface area contributed by atoms with Crippen LogP contribution < -0.4 is 10.2 Å². The van der Waals surface area contributed by atoms with Crippen molar-refractivity contribution >= 4 is 22.7 Å². The van der Waals surface area contributed by atoms with E-state index < -0.39 is 4.92 Å².